The van der Waals surface area contributed by atoms with Gasteiger partial charge in [-0.1, -0.05) is 12.1 Å². The Morgan fingerprint density at radius 2 is 2.05 bits per heavy atom. The molecule has 3 rings (SSSR count). The Balaban J connectivity index is 1.73. The first kappa shape index (κ1) is 14.4. The van der Waals surface area contributed by atoms with Crippen LogP contribution < -0.4 is 10.5 Å². The van der Waals surface area contributed by atoms with Crippen molar-refractivity contribution in [2.45, 2.75) is 19.5 Å². The Bertz CT molecular complexity index is 657. The molecule has 2 aromatic rings. The van der Waals surface area contributed by atoms with Gasteiger partial charge in [0, 0.05) is 25.3 Å². The average Bonchev–Trinajstić information content (AvgIpc) is 2.47. The minimum Gasteiger partial charge on any atom is -0.496 e. The fraction of sp³-hybridized carbons (Fsp3) is 0.294. The number of ether oxygens (including phenoxy) is 1. The Hall–Kier alpha value is -1.52. The lowest BCUT2D eigenvalue weighted by atomic mass is 9.98. The standard InChI is InChI=1S/C17H19BrN2O/c1-21-17-5-2-12(8-16(17)18)10-20-7-6-13-3-4-15(19)9-14(13)11-20/h2-5,8-9H,6-7,10-11,19H2,1H3. The third kappa shape index (κ3) is 3.22. The van der Waals surface area contributed by atoms with Gasteiger partial charge in [-0.05, 0) is 63.3 Å². The lowest BCUT2D eigenvalue weighted by molar-refractivity contribution is 0.245. The molecule has 1 heterocycles. The smallest absolute Gasteiger partial charge is 0.133 e. The van der Waals surface area contributed by atoms with E-state index < -0.39 is 0 Å². The number of nitrogens with zero attached hydrogens (tertiary/aromatic N) is 1. The van der Waals surface area contributed by atoms with E-state index in [1.165, 1.54) is 16.7 Å². The van der Waals surface area contributed by atoms with Crippen LogP contribution in [0.25, 0.3) is 0 Å². The lowest BCUT2D eigenvalue weighted by Gasteiger charge is -2.29. The molecule has 0 aromatic heterocycles. The molecule has 3 nitrogen and oxygen atoms in total. The molecule has 0 spiro atoms. The third-order valence-corrected chi connectivity index (χ3v) is 4.56. The average molecular weight is 347 g/mol. The van der Waals surface area contributed by atoms with E-state index in [4.69, 9.17) is 10.5 Å². The first-order chi connectivity index (χ1) is 10.2. The van der Waals surface area contributed by atoms with Crippen LogP contribution in [0.5, 0.6) is 5.75 Å². The van der Waals surface area contributed by atoms with E-state index in [9.17, 15) is 0 Å². The molecule has 2 N–H and O–H groups in total. The number of hydrogen-bond acceptors (Lipinski definition) is 3. The number of hydrogen-bond donors (Lipinski definition) is 1. The number of anilines is 1. The van der Waals surface area contributed by atoms with Crippen LogP contribution in [-0.4, -0.2) is 18.6 Å². The zero-order valence-electron chi connectivity index (χ0n) is 12.1. The summed E-state index contributed by atoms with van der Waals surface area (Å²) in [5.41, 5.74) is 10.8. The summed E-state index contributed by atoms with van der Waals surface area (Å²) < 4.78 is 6.28. The van der Waals surface area contributed by atoms with Gasteiger partial charge in [0.15, 0.2) is 0 Å². The van der Waals surface area contributed by atoms with Crippen molar-refractivity contribution in [1.82, 2.24) is 4.90 Å². The van der Waals surface area contributed by atoms with E-state index in [1.54, 1.807) is 7.11 Å². The fourth-order valence-corrected chi connectivity index (χ4v) is 3.42. The first-order valence-electron chi connectivity index (χ1n) is 7.08. The Labute approximate surface area is 133 Å². The maximum atomic E-state index is 5.89. The van der Waals surface area contributed by atoms with Gasteiger partial charge in [0.25, 0.3) is 0 Å². The second-order valence-electron chi connectivity index (χ2n) is 5.46. The molecule has 2 aromatic carbocycles. The summed E-state index contributed by atoms with van der Waals surface area (Å²) in [6, 6.07) is 12.5. The third-order valence-electron chi connectivity index (χ3n) is 3.94. The van der Waals surface area contributed by atoms with Crippen molar-refractivity contribution in [2.24, 2.45) is 0 Å². The number of nitrogens with two attached hydrogens (primary N) is 1. The minimum atomic E-state index is 0.850. The molecule has 1 aliphatic rings. The highest BCUT2D eigenvalue weighted by atomic mass is 79.9. The minimum absolute atomic E-state index is 0.850. The number of benzene rings is 2. The van der Waals surface area contributed by atoms with Crippen LogP contribution in [0.15, 0.2) is 40.9 Å². The molecule has 0 aliphatic carbocycles. The zero-order chi connectivity index (χ0) is 14.8. The van der Waals surface area contributed by atoms with Crippen LogP contribution in [-0.2, 0) is 19.5 Å². The molecule has 1 aliphatic heterocycles. The summed E-state index contributed by atoms with van der Waals surface area (Å²) in [5, 5.41) is 0. The summed E-state index contributed by atoms with van der Waals surface area (Å²) in [7, 11) is 1.69. The number of fused-ring (bicyclic) bond motifs is 1. The summed E-state index contributed by atoms with van der Waals surface area (Å²) in [6.45, 7) is 2.99. The normalized spacial score (nSPS) is 14.8. The molecule has 4 heteroatoms. The summed E-state index contributed by atoms with van der Waals surface area (Å²) in [4.78, 5) is 2.45. The van der Waals surface area contributed by atoms with Gasteiger partial charge in [-0.2, -0.15) is 0 Å². The van der Waals surface area contributed by atoms with Gasteiger partial charge >= 0.3 is 0 Å². The van der Waals surface area contributed by atoms with E-state index in [0.29, 0.717) is 0 Å². The lowest BCUT2D eigenvalue weighted by Crippen LogP contribution is -2.30. The first-order valence-corrected chi connectivity index (χ1v) is 7.87. The Morgan fingerprint density at radius 1 is 1.19 bits per heavy atom. The second-order valence-corrected chi connectivity index (χ2v) is 6.31. The molecule has 0 saturated heterocycles. The maximum Gasteiger partial charge on any atom is 0.133 e. The van der Waals surface area contributed by atoms with E-state index in [0.717, 1.165) is 42.0 Å². The second kappa shape index (κ2) is 6.08. The molecule has 0 saturated carbocycles. The monoisotopic (exact) mass is 346 g/mol. The van der Waals surface area contributed by atoms with Crippen molar-refractivity contribution in [3.05, 3.63) is 57.6 Å². The van der Waals surface area contributed by atoms with Crippen molar-refractivity contribution in [2.75, 3.05) is 19.4 Å². The number of rotatable bonds is 3. The predicted octanol–water partition coefficient (Wildman–Crippen LogP) is 3.60. The summed E-state index contributed by atoms with van der Waals surface area (Å²) >= 11 is 3.55. The summed E-state index contributed by atoms with van der Waals surface area (Å²) in [5.74, 6) is 0.871. The van der Waals surface area contributed by atoms with Crippen LogP contribution in [0.2, 0.25) is 0 Å². The molecule has 110 valence electrons. The molecule has 21 heavy (non-hydrogen) atoms. The van der Waals surface area contributed by atoms with Crippen molar-refractivity contribution in [1.29, 1.82) is 0 Å². The quantitative estimate of drug-likeness (QED) is 0.863. The van der Waals surface area contributed by atoms with E-state index in [1.807, 2.05) is 12.1 Å². The van der Waals surface area contributed by atoms with Gasteiger partial charge in [0.1, 0.15) is 5.75 Å². The van der Waals surface area contributed by atoms with E-state index >= 15 is 0 Å². The zero-order valence-corrected chi connectivity index (χ0v) is 13.7. The molecular formula is C17H19BrN2O. The van der Waals surface area contributed by atoms with E-state index in [-0.39, 0.29) is 0 Å². The highest BCUT2D eigenvalue weighted by molar-refractivity contribution is 9.10. The van der Waals surface area contributed by atoms with E-state index in [2.05, 4.69) is 45.1 Å². The van der Waals surface area contributed by atoms with Gasteiger partial charge in [-0.3, -0.25) is 4.90 Å². The van der Waals surface area contributed by atoms with Crippen LogP contribution in [0.4, 0.5) is 5.69 Å². The van der Waals surface area contributed by atoms with Crippen molar-refractivity contribution >= 4 is 21.6 Å². The maximum absolute atomic E-state index is 5.89. The van der Waals surface area contributed by atoms with Gasteiger partial charge in [0.2, 0.25) is 0 Å². The molecule has 0 radical (unpaired) electrons. The highest BCUT2D eigenvalue weighted by Gasteiger charge is 2.16. The predicted molar refractivity (Wildman–Crippen MR) is 89.4 cm³/mol. The Kier molecular flexibility index (Phi) is 4.17. The summed E-state index contributed by atoms with van der Waals surface area (Å²) in [6.07, 6.45) is 1.09. The van der Waals surface area contributed by atoms with Crippen molar-refractivity contribution in [3.8, 4) is 5.75 Å². The van der Waals surface area contributed by atoms with Gasteiger partial charge in [0.05, 0.1) is 11.6 Å². The molecule has 0 amide bonds. The molecular weight excluding hydrogens is 328 g/mol. The molecule has 0 fully saturated rings. The van der Waals surface area contributed by atoms with Crippen LogP contribution in [0, 0.1) is 0 Å². The molecule has 0 bridgehead atoms. The van der Waals surface area contributed by atoms with Crippen LogP contribution >= 0.6 is 15.9 Å². The van der Waals surface area contributed by atoms with Crippen molar-refractivity contribution < 1.29 is 4.74 Å². The highest BCUT2D eigenvalue weighted by Crippen LogP contribution is 2.27. The number of methoxy groups -OCH3 is 1. The van der Waals surface area contributed by atoms with Gasteiger partial charge < -0.3 is 10.5 Å². The SMILES string of the molecule is COc1ccc(CN2CCc3ccc(N)cc3C2)cc1Br. The number of halogens is 1. The fourth-order valence-electron chi connectivity index (χ4n) is 2.84. The molecule has 0 atom stereocenters. The number of nitrogen functional groups attached to an aromatic ring is 1. The Morgan fingerprint density at radius 3 is 2.81 bits per heavy atom. The topological polar surface area (TPSA) is 38.5 Å². The van der Waals surface area contributed by atoms with Gasteiger partial charge in [-0.25, -0.2) is 0 Å². The largest absolute Gasteiger partial charge is 0.496 e. The molecule has 0 unspecified atom stereocenters. The van der Waals surface area contributed by atoms with Crippen LogP contribution in [0.1, 0.15) is 16.7 Å². The van der Waals surface area contributed by atoms with Crippen LogP contribution in [0.3, 0.4) is 0 Å². The van der Waals surface area contributed by atoms with Crippen molar-refractivity contribution in [3.63, 3.8) is 0 Å². The van der Waals surface area contributed by atoms with Gasteiger partial charge in [-0.15, -0.1) is 0 Å².